The molecule has 1 aromatic carbocycles. The standard InChI is InChI=1S/C25H20F3N9O4/c1-24(20(38)21-32-17-3-2-13(14-10-29-30-11-14)8-16(17)22(39)33-21)23(40)36(6-7-41-24)19-4-5-37(35-19)15-9-18(25(26,27)28)34-31-12-15/h2-5,8-12,20,38H,6-7H2,1H3,(H,29,30)(H,32,33,39)/t20-,24-/m0/s1. The molecule has 6 rings (SSSR count). The van der Waals surface area contributed by atoms with Crippen LogP contribution in [0.15, 0.2) is 59.9 Å². The van der Waals surface area contributed by atoms with Crippen molar-refractivity contribution in [2.24, 2.45) is 0 Å². The van der Waals surface area contributed by atoms with E-state index in [0.29, 0.717) is 5.52 Å². The van der Waals surface area contributed by atoms with Gasteiger partial charge in [-0.05, 0) is 30.7 Å². The maximum Gasteiger partial charge on any atom is 0.435 e. The van der Waals surface area contributed by atoms with Gasteiger partial charge in [0.15, 0.2) is 17.1 Å². The first kappa shape index (κ1) is 26.3. The van der Waals surface area contributed by atoms with Crippen LogP contribution in [0.2, 0.25) is 0 Å². The molecule has 1 aliphatic rings. The quantitative estimate of drug-likeness (QED) is 0.288. The monoisotopic (exact) mass is 567 g/mol. The van der Waals surface area contributed by atoms with Crippen LogP contribution in [-0.4, -0.2) is 69.9 Å². The Hall–Kier alpha value is -4.96. The fourth-order valence-corrected chi connectivity index (χ4v) is 4.55. The number of carbonyl (C=O) groups excluding carboxylic acids is 1. The highest BCUT2D eigenvalue weighted by Crippen LogP contribution is 2.34. The molecule has 1 saturated heterocycles. The Morgan fingerprint density at radius 1 is 1.15 bits per heavy atom. The third-order valence-corrected chi connectivity index (χ3v) is 6.77. The van der Waals surface area contributed by atoms with Crippen LogP contribution < -0.4 is 10.5 Å². The minimum atomic E-state index is -4.70. The van der Waals surface area contributed by atoms with E-state index in [1.54, 1.807) is 30.6 Å². The molecule has 1 aliphatic heterocycles. The van der Waals surface area contributed by atoms with E-state index in [9.17, 15) is 27.9 Å². The SMILES string of the molecule is C[C@@]1([C@@H](O)c2nc3ccc(-c4cn[nH]c4)cc3c(=O)[nH]2)OCCN(c2ccn(-c3cnnc(C(F)(F)F)c3)n2)C1=O. The van der Waals surface area contributed by atoms with E-state index in [-0.39, 0.29) is 35.9 Å². The van der Waals surface area contributed by atoms with Crippen LogP contribution in [0.4, 0.5) is 19.0 Å². The molecule has 210 valence electrons. The number of nitrogens with one attached hydrogen (secondary N) is 2. The van der Waals surface area contributed by atoms with Crippen molar-refractivity contribution in [3.05, 3.63) is 77.0 Å². The molecule has 0 saturated carbocycles. The summed E-state index contributed by atoms with van der Waals surface area (Å²) in [5.74, 6) is -0.762. The van der Waals surface area contributed by atoms with Gasteiger partial charge in [-0.25, -0.2) is 9.67 Å². The highest BCUT2D eigenvalue weighted by Gasteiger charge is 2.49. The molecule has 1 amide bonds. The summed E-state index contributed by atoms with van der Waals surface area (Å²) in [7, 11) is 0. The zero-order chi connectivity index (χ0) is 28.9. The van der Waals surface area contributed by atoms with Crippen LogP contribution in [0.3, 0.4) is 0 Å². The average molecular weight is 567 g/mol. The van der Waals surface area contributed by atoms with E-state index in [4.69, 9.17) is 4.74 Å². The first-order valence-corrected chi connectivity index (χ1v) is 12.2. The van der Waals surface area contributed by atoms with Gasteiger partial charge < -0.3 is 14.8 Å². The minimum Gasteiger partial charge on any atom is -0.382 e. The number of halogens is 3. The predicted octanol–water partition coefficient (Wildman–Crippen LogP) is 2.16. The highest BCUT2D eigenvalue weighted by atomic mass is 19.4. The highest BCUT2D eigenvalue weighted by molar-refractivity contribution is 5.99. The summed E-state index contributed by atoms with van der Waals surface area (Å²) in [5.41, 5.74) is -1.81. The van der Waals surface area contributed by atoms with Crippen molar-refractivity contribution in [2.45, 2.75) is 24.8 Å². The van der Waals surface area contributed by atoms with Gasteiger partial charge in [0.1, 0.15) is 11.9 Å². The lowest BCUT2D eigenvalue weighted by atomic mass is 9.94. The number of ether oxygens (including phenoxy) is 1. The van der Waals surface area contributed by atoms with Gasteiger partial charge in [0.25, 0.3) is 11.5 Å². The van der Waals surface area contributed by atoms with E-state index in [1.165, 1.54) is 24.1 Å². The van der Waals surface area contributed by atoms with Crippen LogP contribution in [0.25, 0.3) is 27.7 Å². The Balaban J connectivity index is 1.28. The van der Waals surface area contributed by atoms with E-state index in [0.717, 1.165) is 28.1 Å². The largest absolute Gasteiger partial charge is 0.435 e. The molecule has 0 radical (unpaired) electrons. The number of amides is 1. The van der Waals surface area contributed by atoms with Crippen molar-refractivity contribution in [1.82, 2.24) is 40.1 Å². The molecule has 16 heteroatoms. The smallest absolute Gasteiger partial charge is 0.382 e. The predicted molar refractivity (Wildman–Crippen MR) is 136 cm³/mol. The number of aromatic amines is 2. The summed E-state index contributed by atoms with van der Waals surface area (Å²) in [5, 5.41) is 28.8. The van der Waals surface area contributed by atoms with Gasteiger partial charge >= 0.3 is 6.18 Å². The van der Waals surface area contributed by atoms with Crippen molar-refractivity contribution in [2.75, 3.05) is 18.1 Å². The number of aliphatic hydroxyl groups excluding tert-OH is 1. The number of H-pyrrole nitrogens is 2. The number of aromatic nitrogens is 8. The molecule has 13 nitrogen and oxygen atoms in total. The van der Waals surface area contributed by atoms with Crippen LogP contribution in [0.1, 0.15) is 24.5 Å². The number of benzene rings is 1. The number of morpholine rings is 1. The molecule has 2 atom stereocenters. The summed E-state index contributed by atoms with van der Waals surface area (Å²) in [6.07, 6.45) is -0.627. The third kappa shape index (κ3) is 4.62. The minimum absolute atomic E-state index is 0.00688. The summed E-state index contributed by atoms with van der Waals surface area (Å²) >= 11 is 0. The molecule has 0 aliphatic carbocycles. The second-order valence-corrected chi connectivity index (χ2v) is 9.40. The van der Waals surface area contributed by atoms with Crippen molar-refractivity contribution in [3.8, 4) is 16.8 Å². The lowest BCUT2D eigenvalue weighted by Gasteiger charge is -2.40. The van der Waals surface area contributed by atoms with Gasteiger partial charge in [-0.2, -0.15) is 23.4 Å². The molecular formula is C25H20F3N9O4. The summed E-state index contributed by atoms with van der Waals surface area (Å²) in [4.78, 5) is 34.7. The number of rotatable bonds is 5. The number of nitrogens with zero attached hydrogens (tertiary/aromatic N) is 7. The molecule has 5 heterocycles. The lowest BCUT2D eigenvalue weighted by Crippen LogP contribution is -2.58. The average Bonchev–Trinajstić information content (AvgIpc) is 3.67. The Morgan fingerprint density at radius 3 is 2.73 bits per heavy atom. The number of hydrogen-bond donors (Lipinski definition) is 3. The Morgan fingerprint density at radius 2 is 1.98 bits per heavy atom. The van der Waals surface area contributed by atoms with Crippen molar-refractivity contribution < 1.29 is 27.8 Å². The van der Waals surface area contributed by atoms with Crippen LogP contribution in [0.5, 0.6) is 0 Å². The van der Waals surface area contributed by atoms with Crippen molar-refractivity contribution in [3.63, 3.8) is 0 Å². The van der Waals surface area contributed by atoms with Crippen molar-refractivity contribution >= 4 is 22.6 Å². The molecule has 41 heavy (non-hydrogen) atoms. The molecule has 1 fully saturated rings. The third-order valence-electron chi connectivity index (χ3n) is 6.77. The van der Waals surface area contributed by atoms with E-state index in [2.05, 4.69) is 35.5 Å². The van der Waals surface area contributed by atoms with Gasteiger partial charge in [0.05, 0.1) is 42.1 Å². The molecule has 0 spiro atoms. The second-order valence-electron chi connectivity index (χ2n) is 9.40. The molecule has 0 bridgehead atoms. The molecule has 4 aromatic heterocycles. The van der Waals surface area contributed by atoms with Gasteiger partial charge in [0.2, 0.25) is 0 Å². The lowest BCUT2D eigenvalue weighted by molar-refractivity contribution is -0.167. The fraction of sp³-hybridized carbons (Fsp3) is 0.240. The first-order chi connectivity index (χ1) is 19.5. The Bertz CT molecular complexity index is 1820. The van der Waals surface area contributed by atoms with E-state index >= 15 is 0 Å². The number of aliphatic hydroxyl groups is 1. The van der Waals surface area contributed by atoms with Gasteiger partial charge in [0, 0.05) is 24.0 Å². The number of hydrogen-bond acceptors (Lipinski definition) is 9. The maximum absolute atomic E-state index is 13.6. The molecule has 0 unspecified atom stereocenters. The maximum atomic E-state index is 13.6. The van der Waals surface area contributed by atoms with E-state index in [1.807, 2.05) is 0 Å². The topological polar surface area (TPSA) is 168 Å². The fourth-order valence-electron chi connectivity index (χ4n) is 4.55. The molecule has 3 N–H and O–H groups in total. The second kappa shape index (κ2) is 9.60. The molecule has 5 aromatic rings. The number of anilines is 1. The zero-order valence-corrected chi connectivity index (χ0v) is 21.1. The number of alkyl halides is 3. The Labute approximate surface area is 227 Å². The van der Waals surface area contributed by atoms with Crippen LogP contribution in [0, 0.1) is 0 Å². The normalized spacial score (nSPS) is 18.7. The van der Waals surface area contributed by atoms with Gasteiger partial charge in [-0.1, -0.05) is 6.07 Å². The number of carbonyl (C=O) groups is 1. The molecular weight excluding hydrogens is 547 g/mol. The first-order valence-electron chi connectivity index (χ1n) is 12.2. The summed E-state index contributed by atoms with van der Waals surface area (Å²) < 4.78 is 46.0. The van der Waals surface area contributed by atoms with Crippen LogP contribution >= 0.6 is 0 Å². The summed E-state index contributed by atoms with van der Waals surface area (Å²) in [6, 6.07) is 7.20. The van der Waals surface area contributed by atoms with Gasteiger partial charge in [-0.15, -0.1) is 10.2 Å². The van der Waals surface area contributed by atoms with Gasteiger partial charge in [-0.3, -0.25) is 19.6 Å². The van der Waals surface area contributed by atoms with E-state index < -0.39 is 35.0 Å². The number of fused-ring (bicyclic) bond motifs is 1. The van der Waals surface area contributed by atoms with Crippen LogP contribution in [-0.2, 0) is 15.7 Å². The Kier molecular flexibility index (Phi) is 6.15. The zero-order valence-electron chi connectivity index (χ0n) is 21.1. The summed E-state index contributed by atoms with van der Waals surface area (Å²) in [6.45, 7) is 1.41. The van der Waals surface area contributed by atoms with Crippen molar-refractivity contribution in [1.29, 1.82) is 0 Å².